The Morgan fingerprint density at radius 2 is 2.40 bits per heavy atom. The van der Waals surface area contributed by atoms with Crippen molar-refractivity contribution in [2.75, 3.05) is 6.54 Å². The lowest BCUT2D eigenvalue weighted by Crippen LogP contribution is -2.11. The van der Waals surface area contributed by atoms with Crippen LogP contribution in [0.3, 0.4) is 0 Å². The van der Waals surface area contributed by atoms with Crippen LogP contribution in [-0.2, 0) is 13.1 Å². The zero-order chi connectivity index (χ0) is 10.1. The van der Waals surface area contributed by atoms with E-state index >= 15 is 0 Å². The second-order valence-corrected chi connectivity index (χ2v) is 3.52. The molecule has 7 heteroatoms. The number of hydrogen-bond acceptors (Lipinski definition) is 5. The van der Waals surface area contributed by atoms with Crippen molar-refractivity contribution in [3.8, 4) is 11.5 Å². The van der Waals surface area contributed by atoms with Crippen molar-refractivity contribution in [1.29, 1.82) is 0 Å². The molecule has 0 fully saturated rings. The number of rotatable bonds is 1. The topological polar surface area (TPSA) is 84.3 Å². The third kappa shape index (κ3) is 1.50. The molecule has 3 rings (SSSR count). The second-order valence-electron chi connectivity index (χ2n) is 3.52. The predicted octanol–water partition coefficient (Wildman–Crippen LogP) is -0.444. The number of fused-ring (bicyclic) bond motifs is 1. The van der Waals surface area contributed by atoms with Gasteiger partial charge in [-0.1, -0.05) is 0 Å². The quantitative estimate of drug-likeness (QED) is 0.659. The molecule has 0 atom stereocenters. The number of aromatic amines is 1. The van der Waals surface area contributed by atoms with E-state index in [0.717, 1.165) is 31.7 Å². The molecule has 0 amide bonds. The largest absolute Gasteiger partial charge is 0.311 e. The third-order valence-corrected chi connectivity index (χ3v) is 2.48. The SMILES string of the molecule is c1c(-c2nnn[nH]2)nn2c1CNCCC2. The summed E-state index contributed by atoms with van der Waals surface area (Å²) in [5, 5.41) is 21.4. The van der Waals surface area contributed by atoms with Gasteiger partial charge in [0.15, 0.2) is 5.82 Å². The van der Waals surface area contributed by atoms with Crippen LogP contribution in [0.15, 0.2) is 6.07 Å². The summed E-state index contributed by atoms with van der Waals surface area (Å²) in [4.78, 5) is 0. The van der Waals surface area contributed by atoms with Crippen molar-refractivity contribution in [1.82, 2.24) is 35.7 Å². The molecule has 0 aromatic carbocycles. The molecule has 0 saturated carbocycles. The van der Waals surface area contributed by atoms with Crippen LogP contribution in [0, 0.1) is 0 Å². The van der Waals surface area contributed by atoms with E-state index in [-0.39, 0.29) is 0 Å². The fourth-order valence-corrected chi connectivity index (χ4v) is 1.75. The van der Waals surface area contributed by atoms with Crippen LogP contribution in [0.25, 0.3) is 11.5 Å². The standard InChI is InChI=1S/C8H11N7/c1-2-9-5-6-4-7(12-15(6)3-1)8-10-13-14-11-8/h4,9H,1-3,5H2,(H,10,11,13,14). The fraction of sp³-hybridized carbons (Fsp3) is 0.500. The van der Waals surface area contributed by atoms with E-state index in [1.807, 2.05) is 10.7 Å². The Hall–Kier alpha value is -1.76. The molecule has 7 nitrogen and oxygen atoms in total. The van der Waals surface area contributed by atoms with Crippen LogP contribution in [-0.4, -0.2) is 36.9 Å². The van der Waals surface area contributed by atoms with Gasteiger partial charge in [-0.05, 0) is 29.5 Å². The van der Waals surface area contributed by atoms with Crippen LogP contribution in [0.1, 0.15) is 12.1 Å². The van der Waals surface area contributed by atoms with E-state index in [1.165, 1.54) is 5.69 Å². The highest BCUT2D eigenvalue weighted by atomic mass is 15.5. The number of nitrogens with one attached hydrogen (secondary N) is 2. The Balaban J connectivity index is 1.99. The first-order chi connectivity index (χ1) is 7.43. The summed E-state index contributed by atoms with van der Waals surface area (Å²) in [6, 6.07) is 2.01. The van der Waals surface area contributed by atoms with Gasteiger partial charge >= 0.3 is 0 Å². The van der Waals surface area contributed by atoms with Gasteiger partial charge in [0.1, 0.15) is 5.69 Å². The minimum Gasteiger partial charge on any atom is -0.311 e. The highest BCUT2D eigenvalue weighted by Gasteiger charge is 2.13. The Bertz CT molecular complexity index is 420. The average molecular weight is 205 g/mol. The normalized spacial score (nSPS) is 16.0. The van der Waals surface area contributed by atoms with Gasteiger partial charge in [0.25, 0.3) is 0 Å². The van der Waals surface area contributed by atoms with Gasteiger partial charge in [-0.3, -0.25) is 4.68 Å². The number of tetrazole rings is 1. The molecule has 0 radical (unpaired) electrons. The Kier molecular flexibility index (Phi) is 1.95. The molecular formula is C8H11N7. The van der Waals surface area contributed by atoms with E-state index in [1.54, 1.807) is 0 Å². The number of hydrogen-bond donors (Lipinski definition) is 2. The molecule has 15 heavy (non-hydrogen) atoms. The van der Waals surface area contributed by atoms with Crippen LogP contribution in [0.4, 0.5) is 0 Å². The maximum absolute atomic E-state index is 4.46. The highest BCUT2D eigenvalue weighted by Crippen LogP contribution is 2.15. The van der Waals surface area contributed by atoms with E-state index in [9.17, 15) is 0 Å². The fourth-order valence-electron chi connectivity index (χ4n) is 1.75. The summed E-state index contributed by atoms with van der Waals surface area (Å²) < 4.78 is 2.01. The Labute approximate surface area is 85.9 Å². The average Bonchev–Trinajstić information content (AvgIpc) is 2.84. The van der Waals surface area contributed by atoms with Crippen LogP contribution >= 0.6 is 0 Å². The summed E-state index contributed by atoms with van der Waals surface area (Å²) >= 11 is 0. The first-order valence-corrected chi connectivity index (χ1v) is 4.95. The van der Waals surface area contributed by atoms with Crippen molar-refractivity contribution < 1.29 is 0 Å². The third-order valence-electron chi connectivity index (χ3n) is 2.48. The Morgan fingerprint density at radius 3 is 3.27 bits per heavy atom. The second kappa shape index (κ2) is 3.43. The molecular weight excluding hydrogens is 194 g/mol. The molecule has 2 aromatic heterocycles. The monoisotopic (exact) mass is 205 g/mol. The van der Waals surface area contributed by atoms with Crippen molar-refractivity contribution >= 4 is 0 Å². The van der Waals surface area contributed by atoms with Crippen molar-refractivity contribution in [2.24, 2.45) is 0 Å². The summed E-state index contributed by atoms with van der Waals surface area (Å²) in [6.45, 7) is 2.85. The van der Waals surface area contributed by atoms with Gasteiger partial charge in [-0.15, -0.1) is 5.10 Å². The molecule has 3 heterocycles. The number of aryl methyl sites for hydroxylation is 1. The van der Waals surface area contributed by atoms with Crippen LogP contribution < -0.4 is 5.32 Å². The zero-order valence-electron chi connectivity index (χ0n) is 8.14. The van der Waals surface area contributed by atoms with Gasteiger partial charge < -0.3 is 5.32 Å². The molecule has 0 spiro atoms. The van der Waals surface area contributed by atoms with Gasteiger partial charge in [0.05, 0.1) is 5.69 Å². The van der Waals surface area contributed by atoms with Crippen molar-refractivity contribution in [3.05, 3.63) is 11.8 Å². The van der Waals surface area contributed by atoms with E-state index in [2.05, 4.69) is 31.0 Å². The van der Waals surface area contributed by atoms with Gasteiger partial charge in [0.2, 0.25) is 0 Å². The zero-order valence-corrected chi connectivity index (χ0v) is 8.14. The molecule has 78 valence electrons. The first kappa shape index (κ1) is 8.54. The van der Waals surface area contributed by atoms with E-state index in [4.69, 9.17) is 0 Å². The number of aromatic nitrogens is 6. The number of nitrogens with zero attached hydrogens (tertiary/aromatic N) is 5. The van der Waals surface area contributed by atoms with E-state index < -0.39 is 0 Å². The lowest BCUT2D eigenvalue weighted by Gasteiger charge is -1.98. The summed E-state index contributed by atoms with van der Waals surface area (Å²) in [5.74, 6) is 0.621. The number of H-pyrrole nitrogens is 1. The van der Waals surface area contributed by atoms with Crippen LogP contribution in [0.2, 0.25) is 0 Å². The molecule has 1 aliphatic heterocycles. The van der Waals surface area contributed by atoms with Gasteiger partial charge in [-0.25, -0.2) is 5.10 Å². The maximum atomic E-state index is 4.46. The molecule has 1 aliphatic rings. The first-order valence-electron chi connectivity index (χ1n) is 4.95. The van der Waals surface area contributed by atoms with Gasteiger partial charge in [0, 0.05) is 13.1 Å². The summed E-state index contributed by atoms with van der Waals surface area (Å²) in [6.07, 6.45) is 1.10. The summed E-state index contributed by atoms with van der Waals surface area (Å²) in [5.41, 5.74) is 1.98. The molecule has 2 N–H and O–H groups in total. The lowest BCUT2D eigenvalue weighted by atomic mass is 10.3. The molecule has 0 saturated heterocycles. The maximum Gasteiger partial charge on any atom is 0.199 e. The van der Waals surface area contributed by atoms with Crippen molar-refractivity contribution in [2.45, 2.75) is 19.5 Å². The van der Waals surface area contributed by atoms with Crippen molar-refractivity contribution in [3.63, 3.8) is 0 Å². The van der Waals surface area contributed by atoms with Gasteiger partial charge in [-0.2, -0.15) is 5.10 Å². The molecule has 0 bridgehead atoms. The molecule has 2 aromatic rings. The lowest BCUT2D eigenvalue weighted by molar-refractivity contribution is 0.588. The minimum absolute atomic E-state index is 0.621. The predicted molar refractivity (Wildman–Crippen MR) is 51.7 cm³/mol. The van der Waals surface area contributed by atoms with E-state index in [0.29, 0.717) is 5.82 Å². The molecule has 0 unspecified atom stereocenters. The smallest absolute Gasteiger partial charge is 0.199 e. The Morgan fingerprint density at radius 1 is 1.40 bits per heavy atom. The minimum atomic E-state index is 0.621. The summed E-state index contributed by atoms with van der Waals surface area (Å²) in [7, 11) is 0. The molecule has 0 aliphatic carbocycles. The van der Waals surface area contributed by atoms with Crippen LogP contribution in [0.5, 0.6) is 0 Å². The highest BCUT2D eigenvalue weighted by molar-refractivity contribution is 5.47.